The van der Waals surface area contributed by atoms with Crippen LogP contribution in [0.15, 0.2) is 17.6 Å². The predicted octanol–water partition coefficient (Wildman–Crippen LogP) is 4.35. The Balaban J connectivity index is 1.87. The van der Waals surface area contributed by atoms with Crippen molar-refractivity contribution >= 4 is 39.4 Å². The first-order chi connectivity index (χ1) is 7.83. The van der Waals surface area contributed by atoms with E-state index in [4.69, 9.17) is 11.6 Å². The van der Waals surface area contributed by atoms with Gasteiger partial charge in [0.15, 0.2) is 5.13 Å². The first-order valence-corrected chi connectivity index (χ1v) is 7.34. The van der Waals surface area contributed by atoms with Gasteiger partial charge < -0.3 is 5.32 Å². The Labute approximate surface area is 107 Å². The Hall–Kier alpha value is -0.580. The largest absolute Gasteiger partial charge is 0.355 e. The number of nitrogens with zero attached hydrogens (tertiary/aromatic N) is 1. The number of thiazole rings is 1. The van der Waals surface area contributed by atoms with Crippen LogP contribution >= 0.6 is 34.3 Å². The molecule has 1 N–H and O–H groups in total. The van der Waals surface area contributed by atoms with Crippen LogP contribution in [0, 0.1) is 0 Å². The molecule has 1 atom stereocenters. The molecule has 0 spiro atoms. The van der Waals surface area contributed by atoms with Crippen LogP contribution in [-0.2, 0) is 6.42 Å². The fraction of sp³-hybridized carbons (Fsp3) is 0.364. The highest BCUT2D eigenvalue weighted by Gasteiger charge is 2.23. The second-order valence-electron chi connectivity index (χ2n) is 3.86. The second kappa shape index (κ2) is 4.35. The smallest absolute Gasteiger partial charge is 0.183 e. The van der Waals surface area contributed by atoms with Gasteiger partial charge in [0.2, 0.25) is 0 Å². The van der Waals surface area contributed by atoms with E-state index >= 15 is 0 Å². The number of aromatic nitrogens is 1. The molecule has 0 aromatic carbocycles. The van der Waals surface area contributed by atoms with Gasteiger partial charge >= 0.3 is 0 Å². The Bertz CT molecular complexity index is 478. The quantitative estimate of drug-likeness (QED) is 0.878. The third-order valence-electron chi connectivity index (χ3n) is 2.81. The Morgan fingerprint density at radius 3 is 3.25 bits per heavy atom. The zero-order chi connectivity index (χ0) is 11.0. The van der Waals surface area contributed by atoms with Crippen LogP contribution in [0.5, 0.6) is 0 Å². The van der Waals surface area contributed by atoms with E-state index in [9.17, 15) is 0 Å². The van der Waals surface area contributed by atoms with Crippen molar-refractivity contribution in [3.63, 3.8) is 0 Å². The highest BCUT2D eigenvalue weighted by Crippen LogP contribution is 2.39. The summed E-state index contributed by atoms with van der Waals surface area (Å²) in [5, 5.41) is 6.48. The summed E-state index contributed by atoms with van der Waals surface area (Å²) in [7, 11) is 0. The van der Waals surface area contributed by atoms with E-state index in [0.29, 0.717) is 6.04 Å². The number of hydrogen-bond donors (Lipinski definition) is 1. The first kappa shape index (κ1) is 10.6. The molecular weight excluding hydrogens is 260 g/mol. The molecule has 3 rings (SSSR count). The van der Waals surface area contributed by atoms with Crippen LogP contribution in [0.4, 0.5) is 5.13 Å². The molecular formula is C11H11ClN2S2. The van der Waals surface area contributed by atoms with E-state index < -0.39 is 0 Å². The summed E-state index contributed by atoms with van der Waals surface area (Å²) >= 11 is 9.44. The van der Waals surface area contributed by atoms with E-state index in [0.717, 1.165) is 9.47 Å². The van der Waals surface area contributed by atoms with E-state index in [1.807, 2.05) is 11.6 Å². The molecule has 1 aliphatic rings. The molecule has 84 valence electrons. The van der Waals surface area contributed by atoms with Crippen molar-refractivity contribution in [1.82, 2.24) is 4.98 Å². The number of nitrogens with one attached hydrogen (secondary N) is 1. The van der Waals surface area contributed by atoms with Crippen molar-refractivity contribution in [2.75, 3.05) is 5.32 Å². The Morgan fingerprint density at radius 2 is 2.44 bits per heavy atom. The lowest BCUT2D eigenvalue weighted by Crippen LogP contribution is -2.15. The maximum atomic E-state index is 6.08. The number of aryl methyl sites for hydroxylation is 1. The second-order valence-corrected chi connectivity index (χ2v) is 6.52. The molecule has 0 aliphatic heterocycles. The van der Waals surface area contributed by atoms with Gasteiger partial charge in [0.05, 0.1) is 10.4 Å². The average molecular weight is 271 g/mol. The van der Waals surface area contributed by atoms with Crippen molar-refractivity contribution in [2.45, 2.75) is 25.3 Å². The molecule has 0 fully saturated rings. The van der Waals surface area contributed by atoms with Crippen molar-refractivity contribution in [2.24, 2.45) is 0 Å². The SMILES string of the molecule is Clc1cc2c(s1)CCCC2Nc1nccs1. The number of anilines is 1. The van der Waals surface area contributed by atoms with Crippen LogP contribution in [0.3, 0.4) is 0 Å². The maximum absolute atomic E-state index is 6.08. The molecule has 0 bridgehead atoms. The summed E-state index contributed by atoms with van der Waals surface area (Å²) in [5.74, 6) is 0. The number of halogens is 1. The number of thiophene rings is 1. The minimum atomic E-state index is 0.388. The molecule has 2 nitrogen and oxygen atoms in total. The Kier molecular flexibility index (Phi) is 2.88. The van der Waals surface area contributed by atoms with Crippen LogP contribution in [-0.4, -0.2) is 4.98 Å². The predicted molar refractivity (Wildman–Crippen MR) is 70.7 cm³/mol. The zero-order valence-corrected chi connectivity index (χ0v) is 11.0. The molecule has 1 aliphatic carbocycles. The minimum Gasteiger partial charge on any atom is -0.355 e. The van der Waals surface area contributed by atoms with Gasteiger partial charge in [-0.15, -0.1) is 22.7 Å². The molecule has 2 aromatic heterocycles. The summed E-state index contributed by atoms with van der Waals surface area (Å²) in [5.41, 5.74) is 1.37. The zero-order valence-electron chi connectivity index (χ0n) is 8.57. The average Bonchev–Trinajstić information content (AvgIpc) is 2.86. The minimum absolute atomic E-state index is 0.388. The van der Waals surface area contributed by atoms with Crippen molar-refractivity contribution in [3.8, 4) is 0 Å². The summed E-state index contributed by atoms with van der Waals surface area (Å²) in [4.78, 5) is 5.70. The molecule has 0 radical (unpaired) electrons. The molecule has 2 aromatic rings. The molecule has 16 heavy (non-hydrogen) atoms. The van der Waals surface area contributed by atoms with Crippen LogP contribution in [0.25, 0.3) is 0 Å². The van der Waals surface area contributed by atoms with E-state index in [1.165, 1.54) is 29.7 Å². The maximum Gasteiger partial charge on any atom is 0.183 e. The van der Waals surface area contributed by atoms with E-state index in [-0.39, 0.29) is 0 Å². The number of rotatable bonds is 2. The summed E-state index contributed by atoms with van der Waals surface area (Å²) in [6.07, 6.45) is 5.40. The lowest BCUT2D eigenvalue weighted by Gasteiger charge is -2.23. The lowest BCUT2D eigenvalue weighted by molar-refractivity contribution is 0.608. The van der Waals surface area contributed by atoms with Crippen molar-refractivity contribution in [1.29, 1.82) is 0 Å². The molecule has 5 heteroatoms. The monoisotopic (exact) mass is 270 g/mol. The topological polar surface area (TPSA) is 24.9 Å². The number of fused-ring (bicyclic) bond motifs is 1. The highest BCUT2D eigenvalue weighted by atomic mass is 35.5. The van der Waals surface area contributed by atoms with Crippen molar-refractivity contribution < 1.29 is 0 Å². The summed E-state index contributed by atoms with van der Waals surface area (Å²) in [6.45, 7) is 0. The molecule has 2 heterocycles. The van der Waals surface area contributed by atoms with Gasteiger partial charge in [-0.25, -0.2) is 4.98 Å². The van der Waals surface area contributed by atoms with Gasteiger partial charge in [-0.1, -0.05) is 11.6 Å². The van der Waals surface area contributed by atoms with Gasteiger partial charge in [-0.3, -0.25) is 0 Å². The van der Waals surface area contributed by atoms with Crippen LogP contribution < -0.4 is 5.32 Å². The Morgan fingerprint density at radius 1 is 1.50 bits per heavy atom. The van der Waals surface area contributed by atoms with Crippen LogP contribution in [0.1, 0.15) is 29.3 Å². The lowest BCUT2D eigenvalue weighted by atomic mass is 9.94. The van der Waals surface area contributed by atoms with E-state index in [2.05, 4.69) is 16.4 Å². The number of hydrogen-bond acceptors (Lipinski definition) is 4. The van der Waals surface area contributed by atoms with E-state index in [1.54, 1.807) is 22.7 Å². The summed E-state index contributed by atoms with van der Waals surface area (Å²) < 4.78 is 0.901. The third kappa shape index (κ3) is 1.97. The molecule has 0 saturated carbocycles. The molecule has 0 saturated heterocycles. The van der Waals surface area contributed by atoms with Crippen molar-refractivity contribution in [3.05, 3.63) is 32.4 Å². The first-order valence-electron chi connectivity index (χ1n) is 5.27. The van der Waals surface area contributed by atoms with Gasteiger partial charge in [0.25, 0.3) is 0 Å². The van der Waals surface area contributed by atoms with Gasteiger partial charge in [-0.05, 0) is 30.9 Å². The van der Waals surface area contributed by atoms with Gasteiger partial charge in [0.1, 0.15) is 0 Å². The highest BCUT2D eigenvalue weighted by molar-refractivity contribution is 7.16. The normalized spacial score (nSPS) is 19.4. The molecule has 1 unspecified atom stereocenters. The summed E-state index contributed by atoms with van der Waals surface area (Å²) in [6, 6.07) is 2.49. The van der Waals surface area contributed by atoms with Gasteiger partial charge in [-0.2, -0.15) is 0 Å². The standard InChI is InChI=1S/C11H11ClN2S2/c12-10-6-7-8(2-1-3-9(7)16-10)14-11-13-4-5-15-11/h4-6,8H,1-3H2,(H,13,14). The van der Waals surface area contributed by atoms with Gasteiger partial charge in [0, 0.05) is 16.5 Å². The molecule has 0 amide bonds. The third-order valence-corrected chi connectivity index (χ3v) is 4.86. The fourth-order valence-corrected chi connectivity index (χ4v) is 4.08. The van der Waals surface area contributed by atoms with Crippen LogP contribution in [0.2, 0.25) is 4.34 Å². The fourth-order valence-electron chi connectivity index (χ4n) is 2.12.